The lowest BCUT2D eigenvalue weighted by molar-refractivity contribution is -0.438. The molecule has 0 nitrogen and oxygen atoms in total. The summed E-state index contributed by atoms with van der Waals surface area (Å²) in [4.78, 5) is 0. The second kappa shape index (κ2) is 6.92. The summed E-state index contributed by atoms with van der Waals surface area (Å²) in [5, 5.41) is 0. The van der Waals surface area contributed by atoms with Crippen molar-refractivity contribution in [1.29, 1.82) is 0 Å². The molecule has 0 saturated heterocycles. The molecule has 0 aromatic heterocycles. The highest BCUT2D eigenvalue weighted by Gasteiger charge is 2.91. The second-order valence-electron chi connectivity index (χ2n) is 5.07. The van der Waals surface area contributed by atoms with E-state index in [0.717, 1.165) is 0 Å². The number of hydrogen-bond acceptors (Lipinski definition) is 0. The minimum Gasteiger partial charge on any atom is -0.202 e. The molecule has 0 bridgehead atoms. The average molecular weight is 500 g/mol. The molecule has 0 heterocycles. The van der Waals surface area contributed by atoms with Gasteiger partial charge in [-0.3, -0.25) is 0 Å². The van der Waals surface area contributed by atoms with Crippen LogP contribution in [0.1, 0.15) is 0 Å². The van der Waals surface area contributed by atoms with Gasteiger partial charge in [-0.1, -0.05) is 0 Å². The first-order valence-electron chi connectivity index (χ1n) is 6.03. The molecule has 0 fully saturated rings. The van der Waals surface area contributed by atoms with Crippen LogP contribution in [0.2, 0.25) is 0 Å². The third kappa shape index (κ3) is 3.62. The van der Waals surface area contributed by atoms with Gasteiger partial charge in [-0.15, -0.1) is 0 Å². The Bertz CT molecular complexity index is 671. The molecule has 0 rings (SSSR count). The highest BCUT2D eigenvalue weighted by atomic mass is 19.4. The molecule has 0 aliphatic heterocycles. The maximum Gasteiger partial charge on any atom is 0.460 e. The number of halogens is 20. The number of hydrogen-bond donors (Lipinski definition) is 0. The highest BCUT2D eigenvalue weighted by Crippen LogP contribution is 2.62. The summed E-state index contributed by atoms with van der Waals surface area (Å²) in [6.45, 7) is 0. The lowest BCUT2D eigenvalue weighted by Gasteiger charge is -2.39. The van der Waals surface area contributed by atoms with Gasteiger partial charge in [0.1, 0.15) is 0 Å². The largest absolute Gasteiger partial charge is 0.460 e. The van der Waals surface area contributed by atoms with Crippen molar-refractivity contribution >= 4 is 0 Å². The van der Waals surface area contributed by atoms with Crippen LogP contribution in [-0.2, 0) is 0 Å². The standard InChI is InChI=1S/C10F20/c11-1(2(12)4(15,16)9(25,26)27)3(13,14)5(17,18)6(19,20)7(21,22)8(23,24)10(28,29)30. The molecule has 0 aliphatic carbocycles. The Morgan fingerprint density at radius 2 is 0.567 bits per heavy atom. The van der Waals surface area contributed by atoms with E-state index in [1.54, 1.807) is 0 Å². The number of rotatable bonds is 6. The van der Waals surface area contributed by atoms with E-state index in [9.17, 15) is 87.8 Å². The Balaban J connectivity index is 6.83. The minimum absolute atomic E-state index is 5.29. The lowest BCUT2D eigenvalue weighted by atomic mass is 9.93. The van der Waals surface area contributed by atoms with Crippen LogP contribution in [0.5, 0.6) is 0 Å². The lowest BCUT2D eigenvalue weighted by Crippen LogP contribution is -2.70. The highest BCUT2D eigenvalue weighted by molar-refractivity contribution is 5.24. The van der Waals surface area contributed by atoms with Crippen LogP contribution in [0.4, 0.5) is 87.8 Å². The second-order valence-corrected chi connectivity index (χ2v) is 5.07. The van der Waals surface area contributed by atoms with Crippen LogP contribution in [0.15, 0.2) is 11.7 Å². The van der Waals surface area contributed by atoms with E-state index in [1.807, 2.05) is 0 Å². The number of alkyl halides is 18. The van der Waals surface area contributed by atoms with Crippen molar-refractivity contribution in [3.63, 3.8) is 0 Å². The molecular weight excluding hydrogens is 500 g/mol. The van der Waals surface area contributed by atoms with Gasteiger partial charge in [0, 0.05) is 0 Å². The SMILES string of the molecule is FC(=C(F)C(F)(F)C(F)(F)C(F)(F)C(F)(F)C(F)(F)C(F)(F)F)C(F)(F)C(F)(F)F. The minimum atomic E-state index is -8.71. The first-order valence-corrected chi connectivity index (χ1v) is 6.03. The van der Waals surface area contributed by atoms with Crippen molar-refractivity contribution in [2.24, 2.45) is 0 Å². The molecular formula is C10F20. The molecule has 0 aliphatic rings. The molecule has 0 unspecified atom stereocenters. The van der Waals surface area contributed by atoms with Crippen molar-refractivity contribution in [3.05, 3.63) is 11.7 Å². The van der Waals surface area contributed by atoms with E-state index < -0.39 is 59.5 Å². The fraction of sp³-hybridized carbons (Fsp3) is 0.800. The summed E-state index contributed by atoms with van der Waals surface area (Å²) in [7, 11) is 0. The monoisotopic (exact) mass is 500 g/mol. The Morgan fingerprint density at radius 1 is 0.300 bits per heavy atom. The molecule has 0 saturated carbocycles. The van der Waals surface area contributed by atoms with Gasteiger partial charge in [-0.2, -0.15) is 79.0 Å². The quantitative estimate of drug-likeness (QED) is 0.343. The van der Waals surface area contributed by atoms with Gasteiger partial charge >= 0.3 is 47.9 Å². The van der Waals surface area contributed by atoms with E-state index in [-0.39, 0.29) is 0 Å². The van der Waals surface area contributed by atoms with Crippen molar-refractivity contribution in [2.45, 2.75) is 47.9 Å². The Kier molecular flexibility index (Phi) is 6.54. The molecule has 0 aromatic rings. The van der Waals surface area contributed by atoms with E-state index in [0.29, 0.717) is 0 Å². The summed E-state index contributed by atoms with van der Waals surface area (Å²) in [5.74, 6) is -60.7. The summed E-state index contributed by atoms with van der Waals surface area (Å²) < 4.78 is 249. The van der Waals surface area contributed by atoms with Crippen molar-refractivity contribution in [3.8, 4) is 0 Å². The third-order valence-corrected chi connectivity index (χ3v) is 3.03. The summed E-state index contributed by atoms with van der Waals surface area (Å²) >= 11 is 0. The van der Waals surface area contributed by atoms with E-state index in [1.165, 1.54) is 0 Å². The summed E-state index contributed by atoms with van der Waals surface area (Å²) in [6, 6.07) is 0. The number of allylic oxidation sites excluding steroid dienone is 2. The topological polar surface area (TPSA) is 0 Å². The predicted molar refractivity (Wildman–Crippen MR) is 51.0 cm³/mol. The van der Waals surface area contributed by atoms with Crippen molar-refractivity contribution < 1.29 is 87.8 Å². The van der Waals surface area contributed by atoms with Gasteiger partial charge in [0.25, 0.3) is 0 Å². The van der Waals surface area contributed by atoms with Crippen LogP contribution in [0, 0.1) is 0 Å². The van der Waals surface area contributed by atoms with Gasteiger partial charge in [-0.25, -0.2) is 8.78 Å². The van der Waals surface area contributed by atoms with E-state index in [2.05, 4.69) is 0 Å². The molecule has 0 spiro atoms. The molecule has 0 N–H and O–H groups in total. The van der Waals surface area contributed by atoms with Crippen molar-refractivity contribution in [1.82, 2.24) is 0 Å². The zero-order valence-electron chi connectivity index (χ0n) is 12.6. The zero-order chi connectivity index (χ0) is 25.2. The molecule has 0 atom stereocenters. The van der Waals surface area contributed by atoms with Gasteiger partial charge in [0.2, 0.25) is 11.7 Å². The molecule has 20 heteroatoms. The van der Waals surface area contributed by atoms with Gasteiger partial charge in [0.05, 0.1) is 0 Å². The molecule has 180 valence electrons. The predicted octanol–water partition coefficient (Wildman–Crippen LogP) is 7.07. The fourth-order valence-electron chi connectivity index (χ4n) is 1.31. The maximum absolute atomic E-state index is 13.0. The summed E-state index contributed by atoms with van der Waals surface area (Å²) in [6.07, 6.45) is -15.3. The zero-order valence-corrected chi connectivity index (χ0v) is 12.6. The fourth-order valence-corrected chi connectivity index (χ4v) is 1.31. The average Bonchev–Trinajstić information content (AvgIpc) is 2.50. The molecule has 0 radical (unpaired) electrons. The van der Waals surface area contributed by atoms with Crippen LogP contribution < -0.4 is 0 Å². The molecule has 30 heavy (non-hydrogen) atoms. The summed E-state index contributed by atoms with van der Waals surface area (Å²) in [5.41, 5.74) is 0. The van der Waals surface area contributed by atoms with Crippen LogP contribution in [0.3, 0.4) is 0 Å². The van der Waals surface area contributed by atoms with Crippen molar-refractivity contribution in [2.75, 3.05) is 0 Å². The van der Waals surface area contributed by atoms with E-state index >= 15 is 0 Å². The Morgan fingerprint density at radius 3 is 0.833 bits per heavy atom. The maximum atomic E-state index is 13.0. The first-order chi connectivity index (χ1) is 12.6. The first kappa shape index (κ1) is 28.3. The smallest absolute Gasteiger partial charge is 0.202 e. The van der Waals surface area contributed by atoms with Crippen LogP contribution in [0.25, 0.3) is 0 Å². The molecule has 0 aromatic carbocycles. The van der Waals surface area contributed by atoms with Crippen LogP contribution in [-0.4, -0.2) is 47.9 Å². The van der Waals surface area contributed by atoms with Crippen LogP contribution >= 0.6 is 0 Å². The van der Waals surface area contributed by atoms with Gasteiger partial charge in [-0.05, 0) is 0 Å². The Labute approximate surface area is 149 Å². The van der Waals surface area contributed by atoms with Gasteiger partial charge in [0.15, 0.2) is 0 Å². The van der Waals surface area contributed by atoms with E-state index in [4.69, 9.17) is 0 Å². The normalized spacial score (nSPS) is 17.2. The Hall–Kier alpha value is -1.66. The van der Waals surface area contributed by atoms with Gasteiger partial charge < -0.3 is 0 Å². The third-order valence-electron chi connectivity index (χ3n) is 3.03. The molecule has 0 amide bonds.